The molecule has 0 bridgehead atoms. The molecular formula is C18H18FN3O. The van der Waals surface area contributed by atoms with E-state index in [0.717, 1.165) is 24.5 Å². The molecule has 3 rings (SSSR count). The number of aromatic nitrogens is 1. The maximum absolute atomic E-state index is 12.8. The number of nitrogens with zero attached hydrogens (tertiary/aromatic N) is 3. The molecule has 5 heteroatoms. The van der Waals surface area contributed by atoms with Crippen LogP contribution in [0.3, 0.4) is 0 Å². The Morgan fingerprint density at radius 1 is 1.04 bits per heavy atom. The summed E-state index contributed by atoms with van der Waals surface area (Å²) >= 11 is 0. The molecule has 1 amide bonds. The van der Waals surface area contributed by atoms with E-state index in [2.05, 4.69) is 9.88 Å². The molecule has 1 aliphatic heterocycles. The zero-order chi connectivity index (χ0) is 16.1. The Morgan fingerprint density at radius 2 is 1.78 bits per heavy atom. The first-order valence-electron chi connectivity index (χ1n) is 7.61. The molecule has 1 fully saturated rings. The molecule has 2 aromatic rings. The van der Waals surface area contributed by atoms with Gasteiger partial charge in [0.1, 0.15) is 11.6 Å². The van der Waals surface area contributed by atoms with Crippen LogP contribution in [0.4, 0.5) is 10.2 Å². The van der Waals surface area contributed by atoms with Gasteiger partial charge in [-0.2, -0.15) is 0 Å². The Morgan fingerprint density at radius 3 is 2.43 bits per heavy atom. The number of hydrogen-bond acceptors (Lipinski definition) is 3. The standard InChI is InChI=1S/C18H18FN3O/c19-16-7-4-15(5-8-16)6-9-18(23)22-13-11-21(12-14-22)17-3-1-2-10-20-17/h1-10H,11-14H2/b9-6+. The smallest absolute Gasteiger partial charge is 0.246 e. The largest absolute Gasteiger partial charge is 0.353 e. The molecule has 0 atom stereocenters. The summed E-state index contributed by atoms with van der Waals surface area (Å²) in [7, 11) is 0. The van der Waals surface area contributed by atoms with Crippen LogP contribution in [0, 0.1) is 5.82 Å². The predicted octanol–water partition coefficient (Wildman–Crippen LogP) is 2.58. The highest BCUT2D eigenvalue weighted by molar-refractivity contribution is 5.91. The van der Waals surface area contributed by atoms with E-state index in [1.54, 1.807) is 30.5 Å². The van der Waals surface area contributed by atoms with Crippen molar-refractivity contribution in [1.29, 1.82) is 0 Å². The summed E-state index contributed by atoms with van der Waals surface area (Å²) in [5, 5.41) is 0. The van der Waals surface area contributed by atoms with Gasteiger partial charge in [0.05, 0.1) is 0 Å². The maximum atomic E-state index is 12.8. The molecule has 0 spiro atoms. The molecule has 1 saturated heterocycles. The van der Waals surface area contributed by atoms with Crippen molar-refractivity contribution in [3.8, 4) is 0 Å². The van der Waals surface area contributed by atoms with E-state index >= 15 is 0 Å². The summed E-state index contributed by atoms with van der Waals surface area (Å²) in [6.45, 7) is 2.88. The minimum atomic E-state index is -0.279. The topological polar surface area (TPSA) is 36.4 Å². The number of hydrogen-bond donors (Lipinski definition) is 0. The van der Waals surface area contributed by atoms with E-state index in [-0.39, 0.29) is 11.7 Å². The Labute approximate surface area is 134 Å². The van der Waals surface area contributed by atoms with Crippen LogP contribution in [0.5, 0.6) is 0 Å². The molecule has 23 heavy (non-hydrogen) atoms. The highest BCUT2D eigenvalue weighted by Gasteiger charge is 2.20. The van der Waals surface area contributed by atoms with E-state index < -0.39 is 0 Å². The predicted molar refractivity (Wildman–Crippen MR) is 88.5 cm³/mol. The lowest BCUT2D eigenvalue weighted by molar-refractivity contribution is -0.126. The number of benzene rings is 1. The zero-order valence-corrected chi connectivity index (χ0v) is 12.7. The number of piperazine rings is 1. The Balaban J connectivity index is 1.55. The minimum Gasteiger partial charge on any atom is -0.353 e. The molecule has 0 radical (unpaired) electrons. The van der Waals surface area contributed by atoms with Gasteiger partial charge in [0.25, 0.3) is 0 Å². The van der Waals surface area contributed by atoms with Gasteiger partial charge in [-0.1, -0.05) is 18.2 Å². The number of rotatable bonds is 3. The van der Waals surface area contributed by atoms with Crippen LogP contribution >= 0.6 is 0 Å². The van der Waals surface area contributed by atoms with E-state index in [0.29, 0.717) is 13.1 Å². The van der Waals surface area contributed by atoms with Gasteiger partial charge in [-0.05, 0) is 35.9 Å². The van der Waals surface area contributed by atoms with Gasteiger partial charge in [0, 0.05) is 38.5 Å². The lowest BCUT2D eigenvalue weighted by atomic mass is 10.2. The van der Waals surface area contributed by atoms with Gasteiger partial charge in [-0.25, -0.2) is 9.37 Å². The third-order valence-electron chi connectivity index (χ3n) is 3.85. The van der Waals surface area contributed by atoms with E-state index in [1.807, 2.05) is 23.1 Å². The van der Waals surface area contributed by atoms with E-state index in [9.17, 15) is 9.18 Å². The summed E-state index contributed by atoms with van der Waals surface area (Å²) in [5.74, 6) is 0.649. The quantitative estimate of drug-likeness (QED) is 0.818. The molecule has 1 aromatic heterocycles. The van der Waals surface area contributed by atoms with Crippen molar-refractivity contribution in [2.75, 3.05) is 31.1 Å². The number of carbonyl (C=O) groups excluding carboxylic acids is 1. The van der Waals surface area contributed by atoms with Crippen molar-refractivity contribution < 1.29 is 9.18 Å². The van der Waals surface area contributed by atoms with Crippen LogP contribution in [-0.4, -0.2) is 42.0 Å². The summed E-state index contributed by atoms with van der Waals surface area (Å²) in [5.41, 5.74) is 0.812. The Bertz CT molecular complexity index is 677. The minimum absolute atomic E-state index is 0.0185. The van der Waals surface area contributed by atoms with Crippen molar-refractivity contribution in [1.82, 2.24) is 9.88 Å². The first kappa shape index (κ1) is 15.2. The van der Waals surface area contributed by atoms with Gasteiger partial charge in [-0.3, -0.25) is 4.79 Å². The van der Waals surface area contributed by atoms with Gasteiger partial charge in [0.15, 0.2) is 0 Å². The second kappa shape index (κ2) is 7.05. The van der Waals surface area contributed by atoms with Crippen molar-refractivity contribution in [3.05, 3.63) is 66.1 Å². The second-order valence-corrected chi connectivity index (χ2v) is 5.39. The summed E-state index contributed by atoms with van der Waals surface area (Å²) in [6.07, 6.45) is 5.04. The van der Waals surface area contributed by atoms with Crippen LogP contribution in [0.25, 0.3) is 6.08 Å². The van der Waals surface area contributed by atoms with Crippen LogP contribution in [0.15, 0.2) is 54.7 Å². The third-order valence-corrected chi connectivity index (χ3v) is 3.85. The molecule has 1 aromatic carbocycles. The first-order valence-corrected chi connectivity index (χ1v) is 7.61. The van der Waals surface area contributed by atoms with Gasteiger partial charge in [-0.15, -0.1) is 0 Å². The van der Waals surface area contributed by atoms with Crippen molar-refractivity contribution >= 4 is 17.8 Å². The molecule has 0 N–H and O–H groups in total. The van der Waals surface area contributed by atoms with E-state index in [1.165, 1.54) is 12.1 Å². The SMILES string of the molecule is O=C(/C=C/c1ccc(F)cc1)N1CCN(c2ccccn2)CC1. The van der Waals surface area contributed by atoms with Crippen LogP contribution in [0.2, 0.25) is 0 Å². The lowest BCUT2D eigenvalue weighted by Gasteiger charge is -2.34. The fraction of sp³-hybridized carbons (Fsp3) is 0.222. The van der Waals surface area contributed by atoms with Crippen LogP contribution in [-0.2, 0) is 4.79 Å². The van der Waals surface area contributed by atoms with Gasteiger partial charge in [0.2, 0.25) is 5.91 Å². The highest BCUT2D eigenvalue weighted by atomic mass is 19.1. The van der Waals surface area contributed by atoms with Gasteiger partial charge >= 0.3 is 0 Å². The molecule has 4 nitrogen and oxygen atoms in total. The second-order valence-electron chi connectivity index (χ2n) is 5.39. The van der Waals surface area contributed by atoms with Crippen molar-refractivity contribution in [2.45, 2.75) is 0 Å². The highest BCUT2D eigenvalue weighted by Crippen LogP contribution is 2.13. The van der Waals surface area contributed by atoms with Crippen LogP contribution in [0.1, 0.15) is 5.56 Å². The Hall–Kier alpha value is -2.69. The zero-order valence-electron chi connectivity index (χ0n) is 12.7. The molecule has 2 heterocycles. The van der Waals surface area contributed by atoms with Gasteiger partial charge < -0.3 is 9.80 Å². The molecule has 0 aliphatic carbocycles. The fourth-order valence-corrected chi connectivity index (χ4v) is 2.54. The molecule has 118 valence electrons. The molecular weight excluding hydrogens is 293 g/mol. The monoisotopic (exact) mass is 311 g/mol. The lowest BCUT2D eigenvalue weighted by Crippen LogP contribution is -2.48. The van der Waals surface area contributed by atoms with Crippen molar-refractivity contribution in [3.63, 3.8) is 0 Å². The normalized spacial score (nSPS) is 15.2. The third kappa shape index (κ3) is 3.94. The summed E-state index contributed by atoms with van der Waals surface area (Å²) in [6, 6.07) is 11.9. The first-order chi connectivity index (χ1) is 11.2. The Kier molecular flexibility index (Phi) is 4.66. The number of anilines is 1. The number of pyridine rings is 1. The summed E-state index contributed by atoms with van der Waals surface area (Å²) in [4.78, 5) is 20.5. The average Bonchev–Trinajstić information content (AvgIpc) is 2.62. The van der Waals surface area contributed by atoms with Crippen LogP contribution < -0.4 is 4.90 Å². The molecule has 0 unspecified atom stereocenters. The van der Waals surface area contributed by atoms with E-state index in [4.69, 9.17) is 0 Å². The maximum Gasteiger partial charge on any atom is 0.246 e. The molecule has 0 saturated carbocycles. The van der Waals surface area contributed by atoms with Crippen molar-refractivity contribution in [2.24, 2.45) is 0 Å². The number of carbonyl (C=O) groups is 1. The number of amides is 1. The summed E-state index contributed by atoms with van der Waals surface area (Å²) < 4.78 is 12.8. The fourth-order valence-electron chi connectivity index (χ4n) is 2.54. The molecule has 1 aliphatic rings. The average molecular weight is 311 g/mol. The number of halogens is 1.